The lowest BCUT2D eigenvalue weighted by Crippen LogP contribution is -2.41. The Morgan fingerprint density at radius 2 is 1.97 bits per heavy atom. The largest absolute Gasteiger partial charge is 0.381 e. The van der Waals surface area contributed by atoms with Crippen molar-refractivity contribution in [2.24, 2.45) is 0 Å². The zero-order valence-corrected chi connectivity index (χ0v) is 21.5. The molecular formula is C26H30N6O4S. The maximum absolute atomic E-state index is 12.6. The van der Waals surface area contributed by atoms with Crippen LogP contribution in [0.1, 0.15) is 42.2 Å². The number of hydrogen-bond donors (Lipinski definition) is 2. The molecule has 0 spiro atoms. The highest BCUT2D eigenvalue weighted by Gasteiger charge is 2.29. The van der Waals surface area contributed by atoms with E-state index in [0.29, 0.717) is 18.2 Å². The average molecular weight is 523 g/mol. The van der Waals surface area contributed by atoms with E-state index in [-0.39, 0.29) is 30.6 Å². The Labute approximate surface area is 219 Å². The normalized spacial score (nSPS) is 19.1. The van der Waals surface area contributed by atoms with Crippen molar-refractivity contribution in [1.29, 1.82) is 0 Å². The predicted octanol–water partition coefficient (Wildman–Crippen LogP) is 2.78. The van der Waals surface area contributed by atoms with Crippen molar-refractivity contribution in [3.63, 3.8) is 0 Å². The van der Waals surface area contributed by atoms with E-state index in [0.717, 1.165) is 48.6 Å². The summed E-state index contributed by atoms with van der Waals surface area (Å²) >= 11 is 1.48. The number of anilines is 1. The highest BCUT2D eigenvalue weighted by Crippen LogP contribution is 2.26. The molecule has 1 unspecified atom stereocenters. The van der Waals surface area contributed by atoms with Gasteiger partial charge in [-0.2, -0.15) is 0 Å². The van der Waals surface area contributed by atoms with Crippen LogP contribution in [0.5, 0.6) is 0 Å². The number of nitrogens with one attached hydrogen (secondary N) is 2. The summed E-state index contributed by atoms with van der Waals surface area (Å²) in [5.74, 6) is -0.721. The Bertz CT molecular complexity index is 1260. The van der Waals surface area contributed by atoms with Crippen LogP contribution in [0, 0.1) is 0 Å². The zero-order valence-electron chi connectivity index (χ0n) is 20.7. The van der Waals surface area contributed by atoms with Crippen LogP contribution < -0.4 is 10.6 Å². The van der Waals surface area contributed by atoms with Gasteiger partial charge in [0.1, 0.15) is 11.7 Å². The molecule has 1 atom stereocenters. The number of ether oxygens (including phenoxy) is 1. The van der Waals surface area contributed by atoms with Gasteiger partial charge in [-0.1, -0.05) is 17.3 Å². The smallest absolute Gasteiger partial charge is 0.251 e. The van der Waals surface area contributed by atoms with Crippen molar-refractivity contribution in [3.8, 4) is 11.3 Å². The van der Waals surface area contributed by atoms with E-state index >= 15 is 0 Å². The molecule has 2 fully saturated rings. The second-order valence-corrected chi connectivity index (χ2v) is 10.5. The van der Waals surface area contributed by atoms with Gasteiger partial charge >= 0.3 is 0 Å². The molecule has 1 aromatic carbocycles. The molecule has 0 aliphatic carbocycles. The number of nitrogens with zero attached hydrogens (tertiary/aromatic N) is 4. The number of carbonyl (C=O) groups excluding carboxylic acids is 3. The van der Waals surface area contributed by atoms with Gasteiger partial charge in [-0.05, 0) is 43.0 Å². The Morgan fingerprint density at radius 3 is 2.70 bits per heavy atom. The maximum Gasteiger partial charge on any atom is 0.251 e. The van der Waals surface area contributed by atoms with Gasteiger partial charge in [0.05, 0.1) is 18.7 Å². The second kappa shape index (κ2) is 11.3. The molecule has 11 heteroatoms. The fourth-order valence-electron chi connectivity index (χ4n) is 4.72. The third kappa shape index (κ3) is 6.30. The van der Waals surface area contributed by atoms with Crippen LogP contribution in [0.3, 0.4) is 0 Å². The minimum Gasteiger partial charge on any atom is -0.381 e. The third-order valence-electron chi connectivity index (χ3n) is 6.84. The number of thiophene rings is 1. The summed E-state index contributed by atoms with van der Waals surface area (Å²) in [5.41, 5.74) is 3.46. The van der Waals surface area contributed by atoms with Crippen LogP contribution in [0.4, 0.5) is 5.69 Å². The quantitative estimate of drug-likeness (QED) is 0.437. The van der Waals surface area contributed by atoms with E-state index in [2.05, 4.69) is 38.0 Å². The Hall–Kier alpha value is -3.41. The van der Waals surface area contributed by atoms with Crippen molar-refractivity contribution in [2.45, 2.75) is 50.8 Å². The van der Waals surface area contributed by atoms with Gasteiger partial charge in [0.15, 0.2) is 0 Å². The van der Waals surface area contributed by atoms with Gasteiger partial charge in [-0.25, -0.2) is 4.68 Å². The van der Waals surface area contributed by atoms with Crippen LogP contribution in [0.25, 0.3) is 11.3 Å². The second-order valence-electron chi connectivity index (χ2n) is 9.49. The van der Waals surface area contributed by atoms with Gasteiger partial charge in [0, 0.05) is 54.7 Å². The Morgan fingerprint density at radius 1 is 1.19 bits per heavy atom. The molecule has 3 aromatic rings. The molecule has 0 radical (unpaired) electrons. The van der Waals surface area contributed by atoms with Gasteiger partial charge in [0.2, 0.25) is 11.8 Å². The summed E-state index contributed by atoms with van der Waals surface area (Å²) in [5, 5.41) is 15.5. The molecule has 3 amide bonds. The number of rotatable bonds is 8. The zero-order chi connectivity index (χ0) is 25.8. The number of amides is 3. The number of hydrogen-bond acceptors (Lipinski definition) is 8. The van der Waals surface area contributed by atoms with Crippen molar-refractivity contribution in [1.82, 2.24) is 25.2 Å². The molecule has 2 aromatic heterocycles. The number of imide groups is 1. The molecule has 2 aliphatic rings. The number of likely N-dealkylation sites (tertiary alicyclic amines) is 1. The molecule has 2 saturated heterocycles. The van der Waals surface area contributed by atoms with Crippen molar-refractivity contribution in [3.05, 3.63) is 52.3 Å². The summed E-state index contributed by atoms with van der Waals surface area (Å²) < 4.78 is 6.94. The fourth-order valence-corrected chi connectivity index (χ4v) is 5.60. The average Bonchev–Trinajstić information content (AvgIpc) is 3.56. The molecule has 194 valence electrons. The standard InChI is InChI=1S/C26H30N6O4S/c1-36-20-8-10-31(11-9-20)14-17-2-4-19(5-3-17)27-25(34)13-21-12-18(16-37-21)22-15-32(30-29-22)23-6-7-24(33)28-26(23)35/h2-5,12,15-16,20,23H,6-11,13-14H2,1H3,(H,27,34)(H,28,33,35). The SMILES string of the molecule is COC1CCN(Cc2ccc(NC(=O)Cc3cc(-c4cn(C5CCC(=O)NC5=O)nn4)cs3)cc2)CC1. The summed E-state index contributed by atoms with van der Waals surface area (Å²) in [6.07, 6.45) is 5.13. The highest BCUT2D eigenvalue weighted by atomic mass is 32.1. The maximum atomic E-state index is 12.6. The van der Waals surface area contributed by atoms with Crippen LogP contribution in [0.2, 0.25) is 0 Å². The van der Waals surface area contributed by atoms with E-state index in [4.69, 9.17) is 4.74 Å². The monoisotopic (exact) mass is 522 g/mol. The predicted molar refractivity (Wildman–Crippen MR) is 139 cm³/mol. The molecule has 2 aliphatic heterocycles. The summed E-state index contributed by atoms with van der Waals surface area (Å²) in [4.78, 5) is 39.4. The number of methoxy groups -OCH3 is 1. The van der Waals surface area contributed by atoms with E-state index in [9.17, 15) is 14.4 Å². The Kier molecular flexibility index (Phi) is 7.73. The van der Waals surface area contributed by atoms with E-state index in [1.807, 2.05) is 23.6 Å². The van der Waals surface area contributed by atoms with E-state index in [1.165, 1.54) is 21.6 Å². The molecule has 2 N–H and O–H groups in total. The first-order valence-corrected chi connectivity index (χ1v) is 13.3. The minimum atomic E-state index is -0.544. The minimum absolute atomic E-state index is 0.0880. The molecule has 37 heavy (non-hydrogen) atoms. The van der Waals surface area contributed by atoms with Crippen LogP contribution in [-0.2, 0) is 32.1 Å². The summed E-state index contributed by atoms with van der Waals surface area (Å²) in [6.45, 7) is 2.97. The van der Waals surface area contributed by atoms with Gasteiger partial charge in [0.25, 0.3) is 5.91 Å². The number of carbonyl (C=O) groups is 3. The molecule has 10 nitrogen and oxygen atoms in total. The number of benzene rings is 1. The fraction of sp³-hybridized carbons (Fsp3) is 0.423. The topological polar surface area (TPSA) is 118 Å². The van der Waals surface area contributed by atoms with Gasteiger partial charge in [-0.3, -0.25) is 24.6 Å². The first kappa shape index (κ1) is 25.2. The molecule has 5 rings (SSSR count). The molecule has 0 bridgehead atoms. The lowest BCUT2D eigenvalue weighted by atomic mass is 10.1. The molecular weight excluding hydrogens is 492 g/mol. The Balaban J connectivity index is 1.12. The summed E-state index contributed by atoms with van der Waals surface area (Å²) in [6, 6.07) is 9.39. The van der Waals surface area contributed by atoms with E-state index < -0.39 is 6.04 Å². The lowest BCUT2D eigenvalue weighted by molar-refractivity contribution is -0.136. The molecule has 4 heterocycles. The van der Waals surface area contributed by atoms with Gasteiger partial charge in [-0.15, -0.1) is 16.4 Å². The third-order valence-corrected chi connectivity index (χ3v) is 7.77. The molecule has 0 saturated carbocycles. The van der Waals surface area contributed by atoms with E-state index in [1.54, 1.807) is 13.3 Å². The lowest BCUT2D eigenvalue weighted by Gasteiger charge is -2.31. The van der Waals surface area contributed by atoms with Gasteiger partial charge < -0.3 is 10.1 Å². The van der Waals surface area contributed by atoms with Crippen LogP contribution in [0.15, 0.2) is 41.9 Å². The first-order chi connectivity index (χ1) is 18.0. The number of aromatic nitrogens is 3. The highest BCUT2D eigenvalue weighted by molar-refractivity contribution is 7.10. The van der Waals surface area contributed by atoms with Crippen LogP contribution >= 0.6 is 11.3 Å². The van der Waals surface area contributed by atoms with Crippen molar-refractivity contribution < 1.29 is 19.1 Å². The van der Waals surface area contributed by atoms with Crippen LogP contribution in [-0.4, -0.2) is 63.9 Å². The number of piperidine rings is 2. The van der Waals surface area contributed by atoms with Crippen molar-refractivity contribution in [2.75, 3.05) is 25.5 Å². The summed E-state index contributed by atoms with van der Waals surface area (Å²) in [7, 11) is 1.78. The first-order valence-electron chi connectivity index (χ1n) is 12.4. The van der Waals surface area contributed by atoms with Crippen molar-refractivity contribution >= 4 is 34.7 Å².